The molecule has 0 fully saturated rings. The number of benzene rings is 2. The van der Waals surface area contributed by atoms with E-state index in [1.54, 1.807) is 0 Å². The molecule has 3 nitrogen and oxygen atoms in total. The van der Waals surface area contributed by atoms with Crippen molar-refractivity contribution in [1.29, 1.82) is 0 Å². The number of imidazole rings is 1. The highest BCUT2D eigenvalue weighted by molar-refractivity contribution is 5.95. The molecule has 2 N–H and O–H groups in total. The van der Waals surface area contributed by atoms with E-state index in [0.717, 1.165) is 18.7 Å². The number of rotatable bonds is 1. The van der Waals surface area contributed by atoms with Crippen LogP contribution in [0.25, 0.3) is 22.0 Å². The maximum atomic E-state index is 6.13. The number of hydrogen-bond donors (Lipinski definition) is 1. The highest BCUT2D eigenvalue weighted by atomic mass is 15.1. The Kier molecular flexibility index (Phi) is 2.82. The van der Waals surface area contributed by atoms with Crippen molar-refractivity contribution in [1.82, 2.24) is 9.55 Å². The molecule has 21 heavy (non-hydrogen) atoms. The van der Waals surface area contributed by atoms with Gasteiger partial charge in [0.15, 0.2) is 0 Å². The van der Waals surface area contributed by atoms with Gasteiger partial charge in [-0.3, -0.25) is 0 Å². The second-order valence-electron chi connectivity index (χ2n) is 6.06. The van der Waals surface area contributed by atoms with Crippen molar-refractivity contribution in [3.8, 4) is 11.3 Å². The summed E-state index contributed by atoms with van der Waals surface area (Å²) in [6.07, 6.45) is 3.18. The third-order valence-electron chi connectivity index (χ3n) is 4.40. The first-order valence-corrected chi connectivity index (χ1v) is 7.53. The fraction of sp³-hybridized carbons (Fsp3) is 0.278. The Labute approximate surface area is 124 Å². The summed E-state index contributed by atoms with van der Waals surface area (Å²) in [7, 11) is 0. The van der Waals surface area contributed by atoms with Gasteiger partial charge in [-0.05, 0) is 17.2 Å². The fourth-order valence-corrected chi connectivity index (χ4v) is 3.44. The molecule has 1 aliphatic rings. The number of nitrogens with two attached hydrogens (primary N) is 1. The Morgan fingerprint density at radius 1 is 1.14 bits per heavy atom. The standard InChI is InChI=1S/C18H19N3/c1-12-9-14(19)10-21-11-17(20-18(12)21)16-8-4-6-13-5-2-3-7-15(13)16/h2-8,11-12,14H,9-10,19H2,1H3. The average molecular weight is 277 g/mol. The Balaban J connectivity index is 1.89. The van der Waals surface area contributed by atoms with Crippen molar-refractivity contribution in [2.45, 2.75) is 31.8 Å². The van der Waals surface area contributed by atoms with Crippen LogP contribution in [0, 0.1) is 0 Å². The Bertz CT molecular complexity index is 798. The summed E-state index contributed by atoms with van der Waals surface area (Å²) in [6, 6.07) is 15.1. The topological polar surface area (TPSA) is 43.8 Å². The molecule has 3 heteroatoms. The molecule has 2 heterocycles. The van der Waals surface area contributed by atoms with Gasteiger partial charge >= 0.3 is 0 Å². The largest absolute Gasteiger partial charge is 0.332 e. The van der Waals surface area contributed by atoms with Crippen LogP contribution in [0.15, 0.2) is 48.7 Å². The number of aromatic nitrogens is 2. The zero-order valence-electron chi connectivity index (χ0n) is 12.2. The maximum absolute atomic E-state index is 6.13. The predicted molar refractivity (Wildman–Crippen MR) is 86.2 cm³/mol. The van der Waals surface area contributed by atoms with Crippen LogP contribution in [0.4, 0.5) is 0 Å². The van der Waals surface area contributed by atoms with Crippen molar-refractivity contribution < 1.29 is 0 Å². The molecule has 0 spiro atoms. The fourth-order valence-electron chi connectivity index (χ4n) is 3.44. The van der Waals surface area contributed by atoms with E-state index in [0.29, 0.717) is 5.92 Å². The van der Waals surface area contributed by atoms with Crippen LogP contribution in [0.1, 0.15) is 25.1 Å². The van der Waals surface area contributed by atoms with Gasteiger partial charge in [0.25, 0.3) is 0 Å². The first-order chi connectivity index (χ1) is 10.2. The van der Waals surface area contributed by atoms with Gasteiger partial charge in [-0.25, -0.2) is 4.98 Å². The summed E-state index contributed by atoms with van der Waals surface area (Å²) in [5.74, 6) is 1.59. The van der Waals surface area contributed by atoms with Gasteiger partial charge < -0.3 is 10.3 Å². The minimum Gasteiger partial charge on any atom is -0.332 e. The van der Waals surface area contributed by atoms with E-state index in [-0.39, 0.29) is 6.04 Å². The SMILES string of the molecule is CC1CC(N)Cn2cc(-c3cccc4ccccc34)nc21. The first-order valence-electron chi connectivity index (χ1n) is 7.53. The summed E-state index contributed by atoms with van der Waals surface area (Å²) >= 11 is 0. The molecule has 2 unspecified atom stereocenters. The van der Waals surface area contributed by atoms with Crippen LogP contribution in [-0.4, -0.2) is 15.6 Å². The maximum Gasteiger partial charge on any atom is 0.112 e. The molecule has 1 aliphatic heterocycles. The van der Waals surface area contributed by atoms with E-state index in [4.69, 9.17) is 10.7 Å². The molecule has 3 aromatic rings. The lowest BCUT2D eigenvalue weighted by Crippen LogP contribution is -2.33. The summed E-state index contributed by atoms with van der Waals surface area (Å²) in [6.45, 7) is 3.09. The molecule has 0 saturated carbocycles. The van der Waals surface area contributed by atoms with Crippen molar-refractivity contribution in [2.75, 3.05) is 0 Å². The first kappa shape index (κ1) is 12.6. The van der Waals surface area contributed by atoms with Crippen molar-refractivity contribution in [3.05, 3.63) is 54.5 Å². The Hall–Kier alpha value is -2.13. The van der Waals surface area contributed by atoms with E-state index < -0.39 is 0 Å². The molecule has 0 aliphatic carbocycles. The molecule has 106 valence electrons. The normalized spacial score (nSPS) is 21.4. The summed E-state index contributed by atoms with van der Waals surface area (Å²) in [4.78, 5) is 4.89. The number of fused-ring (bicyclic) bond motifs is 2. The molecule has 2 aromatic carbocycles. The van der Waals surface area contributed by atoms with Gasteiger partial charge in [-0.1, -0.05) is 49.4 Å². The monoisotopic (exact) mass is 277 g/mol. The molecule has 0 saturated heterocycles. The highest BCUT2D eigenvalue weighted by Gasteiger charge is 2.24. The Morgan fingerprint density at radius 3 is 2.86 bits per heavy atom. The van der Waals surface area contributed by atoms with Crippen molar-refractivity contribution in [3.63, 3.8) is 0 Å². The van der Waals surface area contributed by atoms with Gasteiger partial charge in [0.1, 0.15) is 5.82 Å². The van der Waals surface area contributed by atoms with E-state index in [1.165, 1.54) is 22.2 Å². The lowest BCUT2D eigenvalue weighted by atomic mass is 9.98. The van der Waals surface area contributed by atoms with E-state index in [9.17, 15) is 0 Å². The molecule has 0 amide bonds. The van der Waals surface area contributed by atoms with Gasteiger partial charge in [0.05, 0.1) is 5.69 Å². The zero-order valence-corrected chi connectivity index (χ0v) is 12.2. The second kappa shape index (κ2) is 4.71. The molecule has 0 radical (unpaired) electrons. The Morgan fingerprint density at radius 2 is 1.95 bits per heavy atom. The van der Waals surface area contributed by atoms with Crippen LogP contribution in [0.5, 0.6) is 0 Å². The van der Waals surface area contributed by atoms with Crippen molar-refractivity contribution >= 4 is 10.8 Å². The number of nitrogens with zero attached hydrogens (tertiary/aromatic N) is 2. The van der Waals surface area contributed by atoms with Crippen LogP contribution < -0.4 is 5.73 Å². The molecule has 2 atom stereocenters. The smallest absolute Gasteiger partial charge is 0.112 e. The zero-order chi connectivity index (χ0) is 14.4. The lowest BCUT2D eigenvalue weighted by Gasteiger charge is -2.25. The number of hydrogen-bond acceptors (Lipinski definition) is 2. The van der Waals surface area contributed by atoms with E-state index in [2.05, 4.69) is 60.2 Å². The lowest BCUT2D eigenvalue weighted by molar-refractivity contribution is 0.407. The van der Waals surface area contributed by atoms with E-state index >= 15 is 0 Å². The van der Waals surface area contributed by atoms with Gasteiger partial charge in [0, 0.05) is 30.3 Å². The highest BCUT2D eigenvalue weighted by Crippen LogP contribution is 2.32. The quantitative estimate of drug-likeness (QED) is 0.739. The van der Waals surface area contributed by atoms with E-state index in [1.807, 2.05) is 0 Å². The van der Waals surface area contributed by atoms with Crippen LogP contribution >= 0.6 is 0 Å². The molecule has 4 rings (SSSR count). The molecular formula is C18H19N3. The summed E-state index contributed by atoms with van der Waals surface area (Å²) < 4.78 is 2.23. The molecule has 1 aromatic heterocycles. The average Bonchev–Trinajstić information content (AvgIpc) is 2.90. The van der Waals surface area contributed by atoms with Gasteiger partial charge in [0.2, 0.25) is 0 Å². The van der Waals surface area contributed by atoms with Gasteiger partial charge in [-0.2, -0.15) is 0 Å². The van der Waals surface area contributed by atoms with Crippen LogP contribution in [0.3, 0.4) is 0 Å². The third kappa shape index (κ3) is 2.05. The predicted octanol–water partition coefficient (Wildman–Crippen LogP) is 3.54. The van der Waals surface area contributed by atoms with Gasteiger partial charge in [-0.15, -0.1) is 0 Å². The second-order valence-corrected chi connectivity index (χ2v) is 6.06. The molecular weight excluding hydrogens is 258 g/mol. The third-order valence-corrected chi connectivity index (χ3v) is 4.40. The summed E-state index contributed by atoms with van der Waals surface area (Å²) in [5.41, 5.74) is 8.39. The van der Waals surface area contributed by atoms with Crippen LogP contribution in [0.2, 0.25) is 0 Å². The van der Waals surface area contributed by atoms with Crippen molar-refractivity contribution in [2.24, 2.45) is 5.73 Å². The van der Waals surface area contributed by atoms with Crippen LogP contribution in [-0.2, 0) is 6.54 Å². The minimum atomic E-state index is 0.238. The minimum absolute atomic E-state index is 0.238. The molecule has 0 bridgehead atoms. The summed E-state index contributed by atoms with van der Waals surface area (Å²) in [5, 5.41) is 2.51.